The van der Waals surface area contributed by atoms with Crippen LogP contribution in [0.4, 0.5) is 0 Å². The number of hydrogen-bond acceptors (Lipinski definition) is 0. The van der Waals surface area contributed by atoms with E-state index in [-0.39, 0.29) is 0 Å². The first-order valence-electron chi connectivity index (χ1n) is 8.49. The molecule has 0 saturated heterocycles. The molecule has 34 heavy (non-hydrogen) atoms. The Morgan fingerprint density at radius 1 is 0.441 bits per heavy atom. The Balaban J connectivity index is 6.76. The van der Waals surface area contributed by atoms with Gasteiger partial charge in [0.2, 0.25) is 0 Å². The molecule has 0 spiro atoms. The van der Waals surface area contributed by atoms with Crippen LogP contribution in [0.15, 0.2) is 0 Å². The molecule has 0 unspecified atom stereocenters. The Morgan fingerprint density at radius 2 is 0.765 bits per heavy atom. The molecular weight excluding hydrogens is 1700 g/mol. The normalized spacial score (nSPS) is 16.2. The second kappa shape index (κ2) is 15.3. The fourth-order valence-electron chi connectivity index (χ4n) is 2.34. The van der Waals surface area contributed by atoms with Crippen LogP contribution in [0.2, 0.25) is 0 Å². The van der Waals surface area contributed by atoms with E-state index < -0.39 is 28.0 Å². The number of rotatable bonds is 11. The van der Waals surface area contributed by atoms with E-state index in [2.05, 4.69) is 316 Å². The summed E-state index contributed by atoms with van der Waals surface area (Å²) in [6, 6.07) is 0. The van der Waals surface area contributed by atoms with Gasteiger partial charge in [0.15, 0.2) is 4.29 Å². The predicted octanol–water partition coefficient (Wildman–Crippen LogP) is 16.5. The minimum Gasteiger partial charge on any atom is -0.0758 e. The van der Waals surface area contributed by atoms with Crippen LogP contribution in [0.25, 0.3) is 0 Å². The molecule has 205 valence electrons. The van der Waals surface area contributed by atoms with Crippen LogP contribution >= 0.6 is 303 Å². The molecule has 0 nitrogen and oxygen atoms in total. The van der Waals surface area contributed by atoms with Crippen LogP contribution < -0.4 is 0 Å². The minimum absolute atomic E-state index is 0.683. The molecule has 0 fully saturated rings. The lowest BCUT2D eigenvalue weighted by Gasteiger charge is -2.60. The quantitative estimate of drug-likeness (QED) is 0.143. The van der Waals surface area contributed by atoms with Crippen LogP contribution in [0.1, 0.15) is 32.6 Å². The average Bonchev–Trinajstić information content (AvgIpc) is 2.61. The molecule has 0 aromatic heterocycles. The first-order valence-corrected chi connectivity index (χ1v) is 23.6. The van der Waals surface area contributed by atoms with Gasteiger partial charge in [-0.2, -0.15) is 0 Å². The summed E-state index contributed by atoms with van der Waals surface area (Å²) in [6.07, 6.45) is 6.49. The maximum atomic E-state index is 3.95. The van der Waals surface area contributed by atoms with Crippen molar-refractivity contribution in [2.45, 2.75) is 60.6 Å². The highest BCUT2D eigenvalue weighted by Gasteiger charge is 2.80. The molecule has 0 rings (SSSR count). The van der Waals surface area contributed by atoms with Gasteiger partial charge in [-0.1, -0.05) is 329 Å². The highest BCUT2D eigenvalue weighted by molar-refractivity contribution is 9.42. The predicted molar refractivity (Wildman–Crippen MR) is 223 cm³/mol. The molecule has 0 aromatic carbocycles. The van der Waals surface area contributed by atoms with E-state index >= 15 is 0 Å². The highest BCUT2D eigenvalue weighted by atomic mass is 80.0. The molecule has 0 amide bonds. The third kappa shape index (κ3) is 8.52. The zero-order chi connectivity index (χ0) is 28.0. The summed E-state index contributed by atoms with van der Waals surface area (Å²) in [4.78, 5) is 0. The Labute approximate surface area is 361 Å². The van der Waals surface area contributed by atoms with Gasteiger partial charge in [-0.25, -0.2) is 0 Å². The van der Waals surface area contributed by atoms with Gasteiger partial charge in [0.25, 0.3) is 0 Å². The monoisotopic (exact) mass is 1690 g/mol. The number of unbranched alkanes of at least 4 members (excludes halogenated alkanes) is 3. The molecule has 0 bridgehead atoms. The average molecular weight is 1710 g/mol. The van der Waals surface area contributed by atoms with E-state index in [0.29, 0.717) is 0 Å². The largest absolute Gasteiger partial charge is 0.155 e. The maximum absolute atomic E-state index is 3.95. The number of hydrogen-bond donors (Lipinski definition) is 0. The number of halogens is 19. The summed E-state index contributed by atoms with van der Waals surface area (Å²) < 4.78 is -8.38. The summed E-state index contributed by atoms with van der Waals surface area (Å²) in [5, 5.41) is 0. The standard InChI is InChI=1S/C15H12Br19/c1-2-3-4-5-6-7(16,17)9(19,20)11(23,24)13(27,28)12(25,26)10(21,22)8(18,14(29,30)31)15(32,33)34/h6H,2-5H2,1H3. The molecule has 0 aromatic rings. The molecule has 0 saturated carbocycles. The summed E-state index contributed by atoms with van der Waals surface area (Å²) in [7, 11) is 0. The lowest BCUT2D eigenvalue weighted by molar-refractivity contribution is 0.534. The summed E-state index contributed by atoms with van der Waals surface area (Å²) >= 11 is 73.2. The maximum Gasteiger partial charge on any atom is 0.155 e. The van der Waals surface area contributed by atoms with Crippen molar-refractivity contribution < 1.29 is 0 Å². The van der Waals surface area contributed by atoms with E-state index in [9.17, 15) is 0 Å². The van der Waals surface area contributed by atoms with Crippen molar-refractivity contribution in [3.63, 3.8) is 0 Å². The smallest absolute Gasteiger partial charge is 0.0758 e. The summed E-state index contributed by atoms with van der Waals surface area (Å²) in [6.45, 7) is 2.19. The Kier molecular flexibility index (Phi) is 19.5. The minimum atomic E-state index is -1.05. The zero-order valence-corrected chi connectivity index (χ0v) is 46.2. The van der Waals surface area contributed by atoms with Gasteiger partial charge in [0.05, 0.1) is 0 Å². The van der Waals surface area contributed by atoms with Crippen molar-refractivity contribution in [1.29, 1.82) is 0 Å². The van der Waals surface area contributed by atoms with Crippen molar-refractivity contribution in [3.05, 3.63) is 6.42 Å². The molecule has 0 heterocycles. The van der Waals surface area contributed by atoms with Gasteiger partial charge in [-0.05, 0) is 12.8 Å². The van der Waals surface area contributed by atoms with Crippen LogP contribution in [-0.2, 0) is 0 Å². The van der Waals surface area contributed by atoms with Crippen molar-refractivity contribution in [1.82, 2.24) is 0 Å². The molecule has 1 radical (unpaired) electrons. The molecular formula is C15H12Br19. The van der Waals surface area contributed by atoms with Crippen molar-refractivity contribution in [2.24, 2.45) is 0 Å². The zero-order valence-electron chi connectivity index (χ0n) is 16.1. The Morgan fingerprint density at radius 3 is 1.09 bits per heavy atom. The van der Waals surface area contributed by atoms with Gasteiger partial charge in [-0.15, -0.1) is 0 Å². The van der Waals surface area contributed by atoms with Gasteiger partial charge < -0.3 is 0 Å². The third-order valence-corrected chi connectivity index (χ3v) is 38.5. The number of alkyl halides is 19. The van der Waals surface area contributed by atoms with Crippen molar-refractivity contribution in [2.75, 3.05) is 0 Å². The van der Waals surface area contributed by atoms with E-state index in [1.807, 2.05) is 0 Å². The second-order valence-electron chi connectivity index (χ2n) is 6.85. The molecule has 0 aliphatic rings. The first kappa shape index (κ1) is 43.1. The Bertz CT molecular complexity index is 669. The highest BCUT2D eigenvalue weighted by Crippen LogP contribution is 2.79. The van der Waals surface area contributed by atoms with E-state index in [1.54, 1.807) is 0 Å². The van der Waals surface area contributed by atoms with Crippen LogP contribution in [0, 0.1) is 6.42 Å². The molecule has 0 atom stereocenters. The van der Waals surface area contributed by atoms with E-state index in [4.69, 9.17) is 0 Å². The van der Waals surface area contributed by atoms with Gasteiger partial charge >= 0.3 is 0 Å². The second-order valence-corrected chi connectivity index (χ2v) is 42.3. The van der Waals surface area contributed by atoms with E-state index in [0.717, 1.165) is 25.7 Å². The van der Waals surface area contributed by atoms with Gasteiger partial charge in [-0.3, -0.25) is 0 Å². The fourth-order valence-corrected chi connectivity index (χ4v) is 23.9. The molecule has 0 aliphatic carbocycles. The van der Waals surface area contributed by atoms with Crippen LogP contribution in [0.3, 0.4) is 0 Å². The SMILES string of the molecule is CCCCC[CH]C(Br)(Br)C(Br)(Br)C(Br)(Br)C(Br)(Br)C(Br)(Br)C(Br)(Br)C(Br)(C(Br)(Br)Br)C(Br)(Br)Br. The van der Waals surface area contributed by atoms with Crippen molar-refractivity contribution in [3.8, 4) is 0 Å². The van der Waals surface area contributed by atoms with Gasteiger partial charge in [0.1, 0.15) is 23.7 Å². The van der Waals surface area contributed by atoms with Gasteiger partial charge in [0, 0.05) is 0 Å². The van der Waals surface area contributed by atoms with Crippen LogP contribution in [0.5, 0.6) is 0 Å². The third-order valence-electron chi connectivity index (χ3n) is 4.42. The molecule has 19 heteroatoms. The topological polar surface area (TPSA) is 0 Å². The lowest BCUT2D eigenvalue weighted by Crippen LogP contribution is -2.71. The molecule has 0 aliphatic heterocycles. The lowest BCUT2D eigenvalue weighted by atomic mass is 10.0. The van der Waals surface area contributed by atoms with Crippen molar-refractivity contribution >= 4 is 303 Å². The Hall–Kier alpha value is 9.12. The fraction of sp³-hybridized carbons (Fsp3) is 0.933. The summed E-state index contributed by atoms with van der Waals surface area (Å²) in [5.74, 6) is 0. The molecule has 0 N–H and O–H groups in total. The summed E-state index contributed by atoms with van der Waals surface area (Å²) in [5.41, 5.74) is 0. The van der Waals surface area contributed by atoms with E-state index in [1.165, 1.54) is 0 Å². The first-order chi connectivity index (χ1) is 14.6. The van der Waals surface area contributed by atoms with Crippen LogP contribution in [-0.4, -0.2) is 28.0 Å².